The number of nitrogens with one attached hydrogen (secondary N) is 1. The third kappa shape index (κ3) is 5.95. The molecule has 12 heteroatoms. The van der Waals surface area contributed by atoms with Gasteiger partial charge in [-0.3, -0.25) is 14.4 Å². The number of anilines is 2. The molecule has 0 saturated carbocycles. The summed E-state index contributed by atoms with van der Waals surface area (Å²) in [4.78, 5) is 46.5. The van der Waals surface area contributed by atoms with Crippen molar-refractivity contribution in [3.05, 3.63) is 93.5 Å². The number of ether oxygens (including phenoxy) is 1. The highest BCUT2D eigenvalue weighted by atomic mass is 79.9. The van der Waals surface area contributed by atoms with Crippen LogP contribution in [0.3, 0.4) is 0 Å². The number of carbonyl (C=O) groups excluding carboxylic acids is 3. The van der Waals surface area contributed by atoms with E-state index in [1.165, 1.54) is 0 Å². The van der Waals surface area contributed by atoms with Crippen molar-refractivity contribution >= 4 is 53.4 Å². The molecular formula is C37H42BrFN4O5Si. The van der Waals surface area contributed by atoms with Gasteiger partial charge in [-0.05, 0) is 66.5 Å². The number of piperazine rings is 1. The van der Waals surface area contributed by atoms with Crippen molar-refractivity contribution in [2.75, 3.05) is 36.0 Å². The van der Waals surface area contributed by atoms with E-state index in [0.717, 1.165) is 33.4 Å². The van der Waals surface area contributed by atoms with Gasteiger partial charge in [0, 0.05) is 46.8 Å². The molecule has 3 aromatic carbocycles. The lowest BCUT2D eigenvalue weighted by Gasteiger charge is -2.37. The van der Waals surface area contributed by atoms with E-state index in [9.17, 15) is 19.5 Å². The first-order chi connectivity index (χ1) is 23.4. The van der Waals surface area contributed by atoms with E-state index in [2.05, 4.69) is 21.2 Å². The van der Waals surface area contributed by atoms with Crippen molar-refractivity contribution in [1.82, 2.24) is 10.2 Å². The lowest BCUT2D eigenvalue weighted by molar-refractivity contribution is -0.151. The standard InChI is InChI=1S/C37H42BrFN4O5Si/c1-23-35(49(2,3)39)32(18-33(45)42-21-26-7-5-4-6-25(26)16-29(42)22-44)48-37(23)30-17-27(38)10-13-31(30)43(36(37)47)20-24-8-11-28(12-9-24)41-15-14-40-19-34(41)46/h4-13,17,23,29,32,35,40,44H,14-16,18-22H2,1-3H3/t23-,29-,32+,35-,37+/m0/s1. The predicted octanol–water partition coefficient (Wildman–Crippen LogP) is 5.04. The number of hydrogen-bond donors (Lipinski definition) is 2. The molecule has 1 spiro atoms. The van der Waals surface area contributed by atoms with Crippen LogP contribution in [0.15, 0.2) is 71.2 Å². The van der Waals surface area contributed by atoms with Gasteiger partial charge in [0.05, 0.1) is 44.0 Å². The molecule has 2 N–H and O–H groups in total. The number of hydrogen-bond acceptors (Lipinski definition) is 6. The number of aliphatic hydroxyl groups excluding tert-OH is 1. The van der Waals surface area contributed by atoms with E-state index in [0.29, 0.717) is 37.3 Å². The van der Waals surface area contributed by atoms with Crippen LogP contribution in [0.4, 0.5) is 15.5 Å². The Bertz CT molecular complexity index is 1790. The maximum atomic E-state index is 16.4. The maximum Gasteiger partial charge on any atom is 0.264 e. The summed E-state index contributed by atoms with van der Waals surface area (Å²) in [5.41, 5.74) is 3.08. The van der Waals surface area contributed by atoms with E-state index in [-0.39, 0.29) is 43.3 Å². The third-order valence-corrected chi connectivity index (χ3v) is 13.8. The van der Waals surface area contributed by atoms with Gasteiger partial charge in [0.2, 0.25) is 20.2 Å². The molecule has 3 amide bonds. The van der Waals surface area contributed by atoms with Gasteiger partial charge in [-0.2, -0.15) is 0 Å². The van der Waals surface area contributed by atoms with Crippen LogP contribution in [0.25, 0.3) is 0 Å². The van der Waals surface area contributed by atoms with Crippen LogP contribution in [-0.4, -0.2) is 74.5 Å². The highest BCUT2D eigenvalue weighted by Crippen LogP contribution is 2.60. The number of carbonyl (C=O) groups is 3. The Balaban J connectivity index is 1.19. The summed E-state index contributed by atoms with van der Waals surface area (Å²) in [6.45, 7) is 7.21. The van der Waals surface area contributed by atoms with Gasteiger partial charge in [-0.15, -0.1) is 0 Å². The fourth-order valence-electron chi connectivity index (χ4n) is 8.55. The molecule has 0 aliphatic carbocycles. The zero-order chi connectivity index (χ0) is 34.7. The van der Waals surface area contributed by atoms with Crippen molar-refractivity contribution in [3.63, 3.8) is 0 Å². The Morgan fingerprint density at radius 3 is 2.53 bits per heavy atom. The number of rotatable bonds is 7. The highest BCUT2D eigenvalue weighted by Gasteiger charge is 2.67. The van der Waals surface area contributed by atoms with Gasteiger partial charge in [0.25, 0.3) is 5.91 Å². The smallest absolute Gasteiger partial charge is 0.264 e. The van der Waals surface area contributed by atoms with Crippen LogP contribution >= 0.6 is 15.9 Å². The number of aliphatic hydroxyl groups is 1. The van der Waals surface area contributed by atoms with Crippen molar-refractivity contribution in [2.45, 2.75) is 69.2 Å². The molecule has 5 atom stereocenters. The number of halogens is 2. The molecule has 0 radical (unpaired) electrons. The molecule has 258 valence electrons. The molecule has 4 heterocycles. The average molecular weight is 750 g/mol. The molecule has 7 rings (SSSR count). The Kier molecular flexibility index (Phi) is 9.06. The molecule has 2 fully saturated rings. The fraction of sp³-hybridized carbons (Fsp3) is 0.432. The second kappa shape index (κ2) is 13.0. The van der Waals surface area contributed by atoms with Gasteiger partial charge >= 0.3 is 0 Å². The Labute approximate surface area is 295 Å². The number of nitrogens with zero attached hydrogens (tertiary/aromatic N) is 3. The molecule has 0 unspecified atom stereocenters. The molecule has 2 saturated heterocycles. The van der Waals surface area contributed by atoms with Gasteiger partial charge in [0.15, 0.2) is 5.60 Å². The van der Waals surface area contributed by atoms with Gasteiger partial charge in [-0.25, -0.2) is 0 Å². The van der Waals surface area contributed by atoms with E-state index in [1.54, 1.807) is 27.8 Å². The number of fused-ring (bicyclic) bond motifs is 3. The second-order valence-corrected chi connectivity index (χ2v) is 19.0. The first-order valence-corrected chi connectivity index (χ1v) is 20.7. The van der Waals surface area contributed by atoms with E-state index in [1.807, 2.05) is 73.7 Å². The van der Waals surface area contributed by atoms with Gasteiger partial charge in [0.1, 0.15) is 0 Å². The van der Waals surface area contributed by atoms with Crippen molar-refractivity contribution in [2.24, 2.45) is 5.92 Å². The molecule has 0 bridgehead atoms. The van der Waals surface area contributed by atoms with E-state index in [4.69, 9.17) is 4.74 Å². The lowest BCUT2D eigenvalue weighted by Crippen LogP contribution is -2.48. The summed E-state index contributed by atoms with van der Waals surface area (Å²) < 4.78 is 24.1. The van der Waals surface area contributed by atoms with Crippen LogP contribution in [0.1, 0.15) is 35.6 Å². The summed E-state index contributed by atoms with van der Waals surface area (Å²) in [6, 6.07) is 20.8. The quantitative estimate of drug-likeness (QED) is 0.260. The summed E-state index contributed by atoms with van der Waals surface area (Å²) in [5, 5.41) is 13.3. The largest absolute Gasteiger partial charge is 0.394 e. The van der Waals surface area contributed by atoms with Crippen molar-refractivity contribution < 1.29 is 28.3 Å². The maximum absolute atomic E-state index is 16.4. The molecule has 4 aliphatic heterocycles. The minimum Gasteiger partial charge on any atom is -0.394 e. The minimum absolute atomic E-state index is 0.0152. The Morgan fingerprint density at radius 1 is 1.10 bits per heavy atom. The Morgan fingerprint density at radius 2 is 1.84 bits per heavy atom. The third-order valence-electron chi connectivity index (χ3n) is 10.9. The van der Waals surface area contributed by atoms with Crippen molar-refractivity contribution in [1.29, 1.82) is 0 Å². The number of benzene rings is 3. The lowest BCUT2D eigenvalue weighted by atomic mass is 9.82. The summed E-state index contributed by atoms with van der Waals surface area (Å²) in [5.74, 6) is -1.01. The molecule has 9 nitrogen and oxygen atoms in total. The average Bonchev–Trinajstić information content (AvgIpc) is 3.50. The Hall–Kier alpha value is -3.42. The second-order valence-electron chi connectivity index (χ2n) is 14.2. The van der Waals surface area contributed by atoms with E-state index >= 15 is 4.11 Å². The molecule has 3 aromatic rings. The molecule has 0 aromatic heterocycles. The first-order valence-electron chi connectivity index (χ1n) is 17.0. The van der Waals surface area contributed by atoms with Crippen LogP contribution in [0.5, 0.6) is 0 Å². The molecule has 49 heavy (non-hydrogen) atoms. The topological polar surface area (TPSA) is 102 Å². The summed E-state index contributed by atoms with van der Waals surface area (Å²) >= 11 is 3.59. The van der Waals surface area contributed by atoms with Crippen LogP contribution in [0, 0.1) is 5.92 Å². The summed E-state index contributed by atoms with van der Waals surface area (Å²) in [6.07, 6.45) is -0.367. The zero-order valence-corrected chi connectivity index (χ0v) is 30.6. The summed E-state index contributed by atoms with van der Waals surface area (Å²) in [7, 11) is -3.50. The molecular weight excluding hydrogens is 707 g/mol. The predicted molar refractivity (Wildman–Crippen MR) is 191 cm³/mol. The minimum atomic E-state index is -3.50. The zero-order valence-electron chi connectivity index (χ0n) is 28.0. The van der Waals surface area contributed by atoms with Crippen LogP contribution in [-0.2, 0) is 44.2 Å². The molecule has 4 aliphatic rings. The van der Waals surface area contributed by atoms with Gasteiger partial charge in [-0.1, -0.05) is 59.3 Å². The normalized spacial score (nSPS) is 26.8. The SMILES string of the molecule is C[C@H]1[C@H]([Si](C)(C)F)[C@@H](CC(=O)N2Cc3ccccc3C[C@H]2CO)O[C@]12C(=O)N(Cc1ccc(N3CCNCC3=O)cc1)c1ccc(Br)cc12. The monoisotopic (exact) mass is 748 g/mol. The van der Waals surface area contributed by atoms with E-state index < -0.39 is 31.6 Å². The fourth-order valence-corrected chi connectivity index (χ4v) is 11.4. The van der Waals surface area contributed by atoms with Crippen molar-refractivity contribution in [3.8, 4) is 0 Å². The highest BCUT2D eigenvalue weighted by molar-refractivity contribution is 9.10. The van der Waals surface area contributed by atoms with Crippen LogP contribution in [0.2, 0.25) is 18.6 Å². The van der Waals surface area contributed by atoms with Gasteiger partial charge < -0.3 is 34.0 Å². The first kappa shape index (κ1) is 34.0. The van der Waals surface area contributed by atoms with Crippen LogP contribution < -0.4 is 15.1 Å². The number of amides is 3.